The van der Waals surface area contributed by atoms with Crippen molar-refractivity contribution in [1.29, 1.82) is 0 Å². The smallest absolute Gasteiger partial charge is 0.328 e. The highest BCUT2D eigenvalue weighted by molar-refractivity contribution is 6.08. The highest BCUT2D eigenvalue weighted by Crippen LogP contribution is 2.20. The molecule has 0 saturated heterocycles. The van der Waals surface area contributed by atoms with Gasteiger partial charge in [0.25, 0.3) is 53.2 Å². The van der Waals surface area contributed by atoms with Gasteiger partial charge in [-0.1, -0.05) is 0 Å². The molecule has 0 bridgehead atoms. The summed E-state index contributed by atoms with van der Waals surface area (Å²) in [4.78, 5) is 279. The minimum Gasteiger partial charge on any atom is -0.469 e. The van der Waals surface area contributed by atoms with Crippen molar-refractivity contribution in [2.75, 3.05) is 85.3 Å². The number of carbonyl (C=O) groups excluding carboxylic acids is 21. The van der Waals surface area contributed by atoms with Gasteiger partial charge in [-0.15, -0.1) is 0 Å². The zero-order chi connectivity index (χ0) is 85.2. The molecule has 0 unspecified atom stereocenters. The van der Waals surface area contributed by atoms with Crippen molar-refractivity contribution in [2.45, 2.75) is 94.4 Å². The number of benzene rings is 4. The van der Waals surface area contributed by atoms with Crippen LogP contribution in [-0.2, 0) is 134 Å². The molecule has 114 heavy (non-hydrogen) atoms. The molecule has 0 fully saturated rings. The Labute approximate surface area is 647 Å². The first-order chi connectivity index (χ1) is 54.1. The summed E-state index contributed by atoms with van der Waals surface area (Å²) in [6.07, 6.45) is -4.56. The zero-order valence-electron chi connectivity index (χ0n) is 63.2. The number of carbonyl (C=O) groups is 21. The van der Waals surface area contributed by atoms with Crippen LogP contribution >= 0.6 is 0 Å². The van der Waals surface area contributed by atoms with Crippen LogP contribution in [0.4, 0.5) is 0 Å². The fourth-order valence-electron chi connectivity index (χ4n) is 10.0. The number of methoxy groups -OCH3 is 12. The largest absolute Gasteiger partial charge is 0.469 e. The molecule has 9 amide bonds. The standard InChI is InChI=1S/C72H81N9O33/c1-103-52(82)25-46(67(97)109-7)76-61(91)37-13-34(14-38(19-37)62(92)77-47(68(98)110-8)26-53(83)104-2)31-73-58(88)43-22-44(59(89)74-32-35-15-39(63(93)78-48(69(99)111-9)27-54(84)105-3)20-40(16-35)64(94)79-49(70(100)112-10)28-55(85)106-4)24-45(23-43)60(90)75-33-36-17-41(65(95)80-50(71(101)113-11)29-56(86)107-5)21-42(18-36)66(96)81-51(72(102)114-12)30-57(87)108-6/h13-24,46-51H,25-33H2,1-12H3,(H,73,88)(H,74,89)(H,75,90)(H,76,91)(H,77,92)(H,78,93)(H,79,94)(H,80,95)(H,81,96)/t46-,47-,48-,49-,50-,51-/m0/s1. The fraction of sp³-hybridized carbons (Fsp3) is 0.375. The van der Waals surface area contributed by atoms with Crippen LogP contribution in [0.5, 0.6) is 0 Å². The molecule has 0 heterocycles. The summed E-state index contributed by atoms with van der Waals surface area (Å²) >= 11 is 0. The predicted molar refractivity (Wildman–Crippen MR) is 379 cm³/mol. The molecule has 4 rings (SSSR count). The average Bonchev–Trinajstić information content (AvgIpc) is 0.893. The fourth-order valence-corrected chi connectivity index (χ4v) is 10.0. The molecular weight excluding hydrogens is 1520 g/mol. The van der Waals surface area contributed by atoms with Crippen LogP contribution in [0, 0.1) is 0 Å². The highest BCUT2D eigenvalue weighted by Gasteiger charge is 2.34. The van der Waals surface area contributed by atoms with Crippen LogP contribution in [0.1, 0.15) is 148 Å². The number of hydrogen-bond donors (Lipinski definition) is 9. The molecule has 0 aliphatic heterocycles. The Kier molecular flexibility index (Phi) is 36.4. The van der Waals surface area contributed by atoms with E-state index in [1.54, 1.807) is 0 Å². The lowest BCUT2D eigenvalue weighted by atomic mass is 10.0. The molecule has 0 aliphatic carbocycles. The van der Waals surface area contributed by atoms with Crippen molar-refractivity contribution in [3.05, 3.63) is 140 Å². The zero-order valence-corrected chi connectivity index (χ0v) is 63.2. The molecule has 0 radical (unpaired) electrons. The monoisotopic (exact) mass is 1600 g/mol. The third-order valence-electron chi connectivity index (χ3n) is 16.0. The van der Waals surface area contributed by atoms with E-state index in [9.17, 15) is 101 Å². The van der Waals surface area contributed by atoms with Crippen LogP contribution in [0.2, 0.25) is 0 Å². The van der Waals surface area contributed by atoms with Gasteiger partial charge in [-0.3, -0.25) is 71.9 Å². The molecule has 0 spiro atoms. The van der Waals surface area contributed by atoms with E-state index in [-0.39, 0.29) is 16.7 Å². The van der Waals surface area contributed by atoms with E-state index in [0.29, 0.717) is 0 Å². The first-order valence-corrected chi connectivity index (χ1v) is 33.2. The van der Waals surface area contributed by atoms with E-state index in [1.807, 2.05) is 0 Å². The molecule has 0 aliphatic rings. The molecule has 6 atom stereocenters. The van der Waals surface area contributed by atoms with Gasteiger partial charge in [-0.25, -0.2) is 28.8 Å². The summed E-state index contributed by atoms with van der Waals surface area (Å²) in [5, 5.41) is 21.3. The Morgan fingerprint density at radius 1 is 0.202 bits per heavy atom. The molecule has 4 aromatic carbocycles. The summed E-state index contributed by atoms with van der Waals surface area (Å²) in [7, 11) is 11.6. The van der Waals surface area contributed by atoms with Crippen molar-refractivity contribution in [2.24, 2.45) is 0 Å². The van der Waals surface area contributed by atoms with Crippen LogP contribution in [0.3, 0.4) is 0 Å². The summed E-state index contributed by atoms with van der Waals surface area (Å²) in [5.74, 6) is -22.9. The number of nitrogens with one attached hydrogen (secondary N) is 9. The third kappa shape index (κ3) is 28.0. The van der Waals surface area contributed by atoms with Gasteiger partial charge in [-0.2, -0.15) is 0 Å². The van der Waals surface area contributed by atoms with Crippen molar-refractivity contribution >= 4 is 125 Å². The number of rotatable bonds is 39. The second kappa shape index (κ2) is 45.0. The molecule has 9 N–H and O–H groups in total. The van der Waals surface area contributed by atoms with Gasteiger partial charge in [0.1, 0.15) is 36.3 Å². The van der Waals surface area contributed by atoms with E-state index in [0.717, 1.165) is 158 Å². The minimum absolute atomic E-state index is 0.131. The van der Waals surface area contributed by atoms with Gasteiger partial charge in [0.15, 0.2) is 0 Å². The van der Waals surface area contributed by atoms with E-state index >= 15 is 0 Å². The normalized spacial score (nSPS) is 12.0. The number of hydrogen-bond acceptors (Lipinski definition) is 33. The Morgan fingerprint density at radius 3 is 0.456 bits per heavy atom. The predicted octanol–water partition coefficient (Wildman–Crippen LogP) is -2.52. The maximum absolute atomic E-state index is 14.7. The quantitative estimate of drug-likeness (QED) is 0.0164. The van der Waals surface area contributed by atoms with Crippen molar-refractivity contribution in [3.63, 3.8) is 0 Å². The van der Waals surface area contributed by atoms with Gasteiger partial charge in [0.2, 0.25) is 0 Å². The molecule has 0 aromatic heterocycles. The van der Waals surface area contributed by atoms with E-state index in [2.05, 4.69) is 76.3 Å². The number of esters is 12. The minimum atomic E-state index is -1.70. The van der Waals surface area contributed by atoms with Crippen LogP contribution in [0.25, 0.3) is 0 Å². The summed E-state index contributed by atoms with van der Waals surface area (Å²) < 4.78 is 56.3. The third-order valence-corrected chi connectivity index (χ3v) is 16.0. The molecule has 0 saturated carbocycles. The molecule has 612 valence electrons. The Balaban J connectivity index is 1.99. The van der Waals surface area contributed by atoms with Crippen molar-refractivity contribution < 1.29 is 158 Å². The first-order valence-electron chi connectivity index (χ1n) is 33.2. The van der Waals surface area contributed by atoms with Gasteiger partial charge in [0.05, 0.1) is 124 Å². The van der Waals surface area contributed by atoms with Crippen molar-refractivity contribution in [1.82, 2.24) is 47.9 Å². The van der Waals surface area contributed by atoms with Crippen LogP contribution in [-0.4, -0.2) is 246 Å². The molecule has 4 aromatic rings. The molecule has 42 heteroatoms. The SMILES string of the molecule is COC(=O)C[C@H](NC(=O)c1cc(CNC(=O)c2cc(C(=O)NCc3cc(C(=O)N[C@@H](CC(=O)OC)C(=O)OC)cc(C(=O)N[C@@H](CC(=O)OC)C(=O)OC)c3)cc(C(=O)NCc3cc(C(=O)N[C@@H](CC(=O)OC)C(=O)OC)cc(C(=O)N[C@@H](CC(=O)OC)C(=O)OC)c3)c2)cc(C(=O)N[C@@H](CC(=O)OC)C(=O)OC)c1)C(=O)OC. The van der Waals surface area contributed by atoms with E-state index < -0.39 is 269 Å². The van der Waals surface area contributed by atoms with E-state index in [1.165, 1.54) is 0 Å². The van der Waals surface area contributed by atoms with Crippen molar-refractivity contribution in [3.8, 4) is 0 Å². The van der Waals surface area contributed by atoms with Crippen LogP contribution in [0.15, 0.2) is 72.8 Å². The maximum Gasteiger partial charge on any atom is 0.328 e. The topological polar surface area (TPSA) is 578 Å². The lowest BCUT2D eigenvalue weighted by Gasteiger charge is -2.18. The summed E-state index contributed by atoms with van der Waals surface area (Å²) in [6, 6.07) is 2.04. The lowest BCUT2D eigenvalue weighted by molar-refractivity contribution is -0.149. The Hall–Kier alpha value is -14.2. The Bertz CT molecular complexity index is 3750. The molecular formula is C72H81N9O33. The van der Waals surface area contributed by atoms with Gasteiger partial charge in [0, 0.05) is 69.7 Å². The van der Waals surface area contributed by atoms with Gasteiger partial charge < -0.3 is 105 Å². The number of ether oxygens (including phenoxy) is 12. The average molecular weight is 1600 g/mol. The number of amides is 9. The summed E-state index contributed by atoms with van der Waals surface area (Å²) in [5.41, 5.74) is -4.74. The lowest BCUT2D eigenvalue weighted by Crippen LogP contribution is -2.44. The Morgan fingerprint density at radius 2 is 0.333 bits per heavy atom. The highest BCUT2D eigenvalue weighted by atomic mass is 16.6. The molecule has 42 nitrogen and oxygen atoms in total. The summed E-state index contributed by atoms with van der Waals surface area (Å²) in [6.45, 7) is -2.08. The maximum atomic E-state index is 14.7. The van der Waals surface area contributed by atoms with Gasteiger partial charge in [-0.05, 0) is 89.5 Å². The first kappa shape index (κ1) is 92.1. The second-order valence-corrected chi connectivity index (χ2v) is 23.6. The van der Waals surface area contributed by atoms with Crippen LogP contribution < -0.4 is 47.9 Å². The van der Waals surface area contributed by atoms with E-state index in [4.69, 9.17) is 28.4 Å². The second-order valence-electron chi connectivity index (χ2n) is 23.6. The van der Waals surface area contributed by atoms with Gasteiger partial charge >= 0.3 is 71.6 Å².